The first-order valence-corrected chi connectivity index (χ1v) is 6.89. The van der Waals surface area contributed by atoms with E-state index < -0.39 is 0 Å². The molecule has 21 heavy (non-hydrogen) atoms. The zero-order chi connectivity index (χ0) is 14.9. The molecule has 0 aliphatic heterocycles. The van der Waals surface area contributed by atoms with Crippen molar-refractivity contribution in [1.29, 1.82) is 0 Å². The SMILES string of the molecule is O=C(Cc1ccccc1)NCCC(=O)Nc1ccccc1. The normalized spacial score (nSPS) is 9.90. The van der Waals surface area contributed by atoms with E-state index in [9.17, 15) is 9.59 Å². The predicted molar refractivity (Wildman–Crippen MR) is 82.8 cm³/mol. The summed E-state index contributed by atoms with van der Waals surface area (Å²) in [5, 5.41) is 5.52. The van der Waals surface area contributed by atoms with Gasteiger partial charge in [-0.2, -0.15) is 0 Å². The number of carbonyl (C=O) groups is 2. The van der Waals surface area contributed by atoms with Crippen LogP contribution in [-0.2, 0) is 16.0 Å². The quantitative estimate of drug-likeness (QED) is 0.854. The number of amides is 2. The highest BCUT2D eigenvalue weighted by molar-refractivity contribution is 5.91. The summed E-state index contributed by atoms with van der Waals surface area (Å²) in [7, 11) is 0. The second-order valence-corrected chi connectivity index (χ2v) is 4.68. The summed E-state index contributed by atoms with van der Waals surface area (Å²) in [4.78, 5) is 23.4. The van der Waals surface area contributed by atoms with E-state index in [4.69, 9.17) is 0 Å². The number of rotatable bonds is 6. The lowest BCUT2D eigenvalue weighted by Crippen LogP contribution is -2.28. The van der Waals surface area contributed by atoms with Crippen LogP contribution in [0.4, 0.5) is 5.69 Å². The minimum absolute atomic E-state index is 0.0753. The smallest absolute Gasteiger partial charge is 0.226 e. The van der Waals surface area contributed by atoms with E-state index in [-0.39, 0.29) is 18.2 Å². The van der Waals surface area contributed by atoms with Crippen LogP contribution in [0.15, 0.2) is 60.7 Å². The summed E-state index contributed by atoms with van der Waals surface area (Å²) in [5.41, 5.74) is 1.72. The molecule has 4 nitrogen and oxygen atoms in total. The average molecular weight is 282 g/mol. The molecule has 0 heterocycles. The van der Waals surface area contributed by atoms with Crippen molar-refractivity contribution in [2.75, 3.05) is 11.9 Å². The van der Waals surface area contributed by atoms with Gasteiger partial charge in [0.2, 0.25) is 11.8 Å². The molecule has 0 radical (unpaired) electrons. The molecular weight excluding hydrogens is 264 g/mol. The van der Waals surface area contributed by atoms with Crippen LogP contribution in [0, 0.1) is 0 Å². The first kappa shape index (κ1) is 14.8. The lowest BCUT2D eigenvalue weighted by Gasteiger charge is -2.06. The molecular formula is C17H18N2O2. The highest BCUT2D eigenvalue weighted by atomic mass is 16.2. The van der Waals surface area contributed by atoms with Crippen LogP contribution in [0.1, 0.15) is 12.0 Å². The fraction of sp³-hybridized carbons (Fsp3) is 0.176. The Morgan fingerprint density at radius 2 is 1.43 bits per heavy atom. The Bertz CT molecular complexity index is 529. The van der Waals surface area contributed by atoms with E-state index in [1.165, 1.54) is 0 Å². The van der Waals surface area contributed by atoms with Crippen molar-refractivity contribution in [3.8, 4) is 0 Å². The summed E-state index contributed by atoms with van der Waals surface area (Å²) in [6, 6.07) is 18.8. The van der Waals surface area contributed by atoms with Gasteiger partial charge in [-0.05, 0) is 17.7 Å². The third-order valence-corrected chi connectivity index (χ3v) is 2.94. The van der Waals surface area contributed by atoms with Gasteiger partial charge in [0.1, 0.15) is 0 Å². The van der Waals surface area contributed by atoms with Crippen LogP contribution < -0.4 is 10.6 Å². The van der Waals surface area contributed by atoms with E-state index in [0.717, 1.165) is 11.3 Å². The number of hydrogen-bond donors (Lipinski definition) is 2. The van der Waals surface area contributed by atoms with Gasteiger partial charge in [-0.25, -0.2) is 0 Å². The summed E-state index contributed by atoms with van der Waals surface area (Å²) >= 11 is 0. The Balaban J connectivity index is 1.67. The number of hydrogen-bond acceptors (Lipinski definition) is 2. The van der Waals surface area contributed by atoms with Crippen LogP contribution in [0.3, 0.4) is 0 Å². The fourth-order valence-corrected chi connectivity index (χ4v) is 1.90. The minimum atomic E-state index is -0.110. The Morgan fingerprint density at radius 3 is 2.10 bits per heavy atom. The molecule has 4 heteroatoms. The van der Waals surface area contributed by atoms with Crippen LogP contribution in [-0.4, -0.2) is 18.4 Å². The number of anilines is 1. The van der Waals surface area contributed by atoms with Crippen LogP contribution >= 0.6 is 0 Å². The number of benzene rings is 2. The van der Waals surface area contributed by atoms with Crippen molar-refractivity contribution in [3.05, 3.63) is 66.2 Å². The first-order valence-electron chi connectivity index (χ1n) is 6.89. The van der Waals surface area contributed by atoms with Crippen molar-refractivity contribution in [3.63, 3.8) is 0 Å². The third kappa shape index (κ3) is 5.48. The van der Waals surface area contributed by atoms with Crippen molar-refractivity contribution < 1.29 is 9.59 Å². The molecule has 0 unspecified atom stereocenters. The Kier molecular flexibility index (Phi) is 5.52. The summed E-state index contributed by atoms with van der Waals surface area (Å²) in [5.74, 6) is -0.185. The van der Waals surface area contributed by atoms with Gasteiger partial charge in [0.25, 0.3) is 0 Å². The van der Waals surface area contributed by atoms with Crippen molar-refractivity contribution in [2.45, 2.75) is 12.8 Å². The molecule has 2 rings (SSSR count). The second-order valence-electron chi connectivity index (χ2n) is 4.68. The molecule has 2 N–H and O–H groups in total. The maximum atomic E-state index is 11.7. The standard InChI is InChI=1S/C17H18N2O2/c20-16(19-15-9-5-2-6-10-15)11-12-18-17(21)13-14-7-3-1-4-8-14/h1-10H,11-13H2,(H,18,21)(H,19,20). The molecule has 0 fully saturated rings. The number of carbonyl (C=O) groups excluding carboxylic acids is 2. The van der Waals surface area contributed by atoms with Gasteiger partial charge in [-0.15, -0.1) is 0 Å². The van der Waals surface area contributed by atoms with Gasteiger partial charge in [0, 0.05) is 18.7 Å². The zero-order valence-electron chi connectivity index (χ0n) is 11.7. The number of para-hydroxylation sites is 1. The average Bonchev–Trinajstić information content (AvgIpc) is 2.49. The molecule has 2 amide bonds. The van der Waals surface area contributed by atoms with Crippen LogP contribution in [0.5, 0.6) is 0 Å². The molecule has 2 aromatic carbocycles. The fourth-order valence-electron chi connectivity index (χ4n) is 1.90. The lowest BCUT2D eigenvalue weighted by molar-refractivity contribution is -0.120. The Hall–Kier alpha value is -2.62. The van der Waals surface area contributed by atoms with E-state index >= 15 is 0 Å². The predicted octanol–water partition coefficient (Wildman–Crippen LogP) is 2.37. The molecule has 0 aromatic heterocycles. The van der Waals surface area contributed by atoms with Crippen LogP contribution in [0.25, 0.3) is 0 Å². The Labute approximate surface area is 124 Å². The minimum Gasteiger partial charge on any atom is -0.355 e. The molecule has 0 saturated carbocycles. The van der Waals surface area contributed by atoms with Gasteiger partial charge < -0.3 is 10.6 Å². The summed E-state index contributed by atoms with van der Waals surface area (Å²) in [6.45, 7) is 0.338. The maximum Gasteiger partial charge on any atom is 0.226 e. The molecule has 0 bridgehead atoms. The zero-order valence-corrected chi connectivity index (χ0v) is 11.7. The highest BCUT2D eigenvalue weighted by Gasteiger charge is 2.05. The lowest BCUT2D eigenvalue weighted by atomic mass is 10.1. The summed E-state index contributed by atoms with van der Waals surface area (Å²) in [6.07, 6.45) is 0.594. The first-order chi connectivity index (χ1) is 10.2. The third-order valence-electron chi connectivity index (χ3n) is 2.94. The van der Waals surface area contributed by atoms with Gasteiger partial charge in [-0.3, -0.25) is 9.59 Å². The van der Waals surface area contributed by atoms with Gasteiger partial charge in [-0.1, -0.05) is 48.5 Å². The Morgan fingerprint density at radius 1 is 0.810 bits per heavy atom. The topological polar surface area (TPSA) is 58.2 Å². The van der Waals surface area contributed by atoms with Crippen molar-refractivity contribution in [1.82, 2.24) is 5.32 Å². The van der Waals surface area contributed by atoms with E-state index in [1.54, 1.807) is 0 Å². The largest absolute Gasteiger partial charge is 0.355 e. The second kappa shape index (κ2) is 7.85. The van der Waals surface area contributed by atoms with Gasteiger partial charge >= 0.3 is 0 Å². The molecule has 0 aliphatic rings. The number of nitrogens with one attached hydrogen (secondary N) is 2. The van der Waals surface area contributed by atoms with Gasteiger partial charge in [0.15, 0.2) is 0 Å². The molecule has 108 valence electrons. The highest BCUT2D eigenvalue weighted by Crippen LogP contribution is 2.05. The monoisotopic (exact) mass is 282 g/mol. The van der Waals surface area contributed by atoms with E-state index in [2.05, 4.69) is 10.6 Å². The van der Waals surface area contributed by atoms with Crippen molar-refractivity contribution in [2.24, 2.45) is 0 Å². The van der Waals surface area contributed by atoms with Crippen LogP contribution in [0.2, 0.25) is 0 Å². The summed E-state index contributed by atoms with van der Waals surface area (Å²) < 4.78 is 0. The molecule has 0 atom stereocenters. The molecule has 0 spiro atoms. The van der Waals surface area contributed by atoms with Crippen molar-refractivity contribution >= 4 is 17.5 Å². The van der Waals surface area contributed by atoms with E-state index in [1.807, 2.05) is 60.7 Å². The maximum absolute atomic E-state index is 11.7. The van der Waals surface area contributed by atoms with E-state index in [0.29, 0.717) is 13.0 Å². The molecule has 0 saturated heterocycles. The van der Waals surface area contributed by atoms with Gasteiger partial charge in [0.05, 0.1) is 6.42 Å². The molecule has 2 aromatic rings. The molecule has 0 aliphatic carbocycles.